The van der Waals surface area contributed by atoms with Crippen LogP contribution in [0, 0.1) is 0 Å². The van der Waals surface area contributed by atoms with Crippen molar-refractivity contribution in [2.24, 2.45) is 0 Å². The van der Waals surface area contributed by atoms with E-state index in [1.54, 1.807) is 30.3 Å². The molecular formula is C17H14O2. The SMILES string of the molecule is C=C=CC(OC(=O)c1ccccc1)c1ccccc1. The Labute approximate surface area is 112 Å². The van der Waals surface area contributed by atoms with Gasteiger partial charge in [0.2, 0.25) is 0 Å². The van der Waals surface area contributed by atoms with Crippen molar-refractivity contribution in [3.8, 4) is 0 Å². The molecule has 94 valence electrons. The molecule has 0 saturated carbocycles. The molecule has 2 rings (SSSR count). The third kappa shape index (κ3) is 3.44. The first-order valence-electron chi connectivity index (χ1n) is 5.98. The van der Waals surface area contributed by atoms with Gasteiger partial charge in [0.1, 0.15) is 0 Å². The number of carbonyl (C=O) groups is 1. The van der Waals surface area contributed by atoms with Crippen LogP contribution in [-0.4, -0.2) is 5.97 Å². The van der Waals surface area contributed by atoms with Gasteiger partial charge in [-0.05, 0) is 17.7 Å². The second-order valence-corrected chi connectivity index (χ2v) is 3.97. The molecule has 1 atom stereocenters. The van der Waals surface area contributed by atoms with Crippen LogP contribution in [0.5, 0.6) is 0 Å². The summed E-state index contributed by atoms with van der Waals surface area (Å²) < 4.78 is 5.47. The molecular weight excluding hydrogens is 236 g/mol. The molecule has 1 unspecified atom stereocenters. The molecule has 0 radical (unpaired) electrons. The first-order chi connectivity index (χ1) is 9.31. The zero-order chi connectivity index (χ0) is 13.5. The van der Waals surface area contributed by atoms with Crippen LogP contribution < -0.4 is 0 Å². The van der Waals surface area contributed by atoms with Crippen molar-refractivity contribution in [2.75, 3.05) is 0 Å². The van der Waals surface area contributed by atoms with E-state index in [9.17, 15) is 4.79 Å². The monoisotopic (exact) mass is 250 g/mol. The largest absolute Gasteiger partial charge is 0.449 e. The minimum Gasteiger partial charge on any atom is -0.449 e. The lowest BCUT2D eigenvalue weighted by atomic mass is 10.1. The minimum atomic E-state index is -0.466. The third-order valence-electron chi connectivity index (χ3n) is 2.64. The maximum atomic E-state index is 12.0. The van der Waals surface area contributed by atoms with Crippen molar-refractivity contribution in [3.05, 3.63) is 90.2 Å². The van der Waals surface area contributed by atoms with Crippen LogP contribution in [0.4, 0.5) is 0 Å². The third-order valence-corrected chi connectivity index (χ3v) is 2.64. The number of carbonyl (C=O) groups excluding carboxylic acids is 1. The van der Waals surface area contributed by atoms with E-state index < -0.39 is 6.10 Å². The zero-order valence-electron chi connectivity index (χ0n) is 10.5. The maximum absolute atomic E-state index is 12.0. The van der Waals surface area contributed by atoms with Gasteiger partial charge in [0, 0.05) is 6.08 Å². The number of benzene rings is 2. The van der Waals surface area contributed by atoms with Crippen LogP contribution in [0.15, 0.2) is 79.0 Å². The Morgan fingerprint density at radius 2 is 1.63 bits per heavy atom. The smallest absolute Gasteiger partial charge is 0.339 e. The van der Waals surface area contributed by atoms with Gasteiger partial charge in [0.15, 0.2) is 6.10 Å². The predicted molar refractivity (Wildman–Crippen MR) is 74.8 cm³/mol. The van der Waals surface area contributed by atoms with E-state index in [0.29, 0.717) is 5.56 Å². The standard InChI is InChI=1S/C17H14O2/c1-2-9-16(14-10-5-3-6-11-14)19-17(18)15-12-7-4-8-13-15/h3-13,16H,1H2. The van der Waals surface area contributed by atoms with Crippen LogP contribution in [0.25, 0.3) is 0 Å². The molecule has 0 heterocycles. The second kappa shape index (κ2) is 6.39. The Balaban J connectivity index is 2.19. The van der Waals surface area contributed by atoms with Gasteiger partial charge in [0.25, 0.3) is 0 Å². The Bertz CT molecular complexity index is 581. The van der Waals surface area contributed by atoms with E-state index in [2.05, 4.69) is 12.3 Å². The first-order valence-corrected chi connectivity index (χ1v) is 5.98. The molecule has 2 aromatic carbocycles. The molecule has 0 amide bonds. The highest BCUT2D eigenvalue weighted by atomic mass is 16.5. The first kappa shape index (κ1) is 12.9. The highest BCUT2D eigenvalue weighted by Crippen LogP contribution is 2.20. The zero-order valence-corrected chi connectivity index (χ0v) is 10.5. The van der Waals surface area contributed by atoms with Crippen LogP contribution in [0.2, 0.25) is 0 Å². The maximum Gasteiger partial charge on any atom is 0.339 e. The summed E-state index contributed by atoms with van der Waals surface area (Å²) in [7, 11) is 0. The number of hydrogen-bond acceptors (Lipinski definition) is 2. The van der Waals surface area contributed by atoms with Gasteiger partial charge in [-0.3, -0.25) is 0 Å². The number of esters is 1. The summed E-state index contributed by atoms with van der Waals surface area (Å²) in [6, 6.07) is 18.4. The Hall–Kier alpha value is -2.57. The van der Waals surface area contributed by atoms with Crippen molar-refractivity contribution >= 4 is 5.97 Å². The van der Waals surface area contributed by atoms with Crippen LogP contribution in [-0.2, 0) is 4.74 Å². The average molecular weight is 250 g/mol. The van der Waals surface area contributed by atoms with Crippen molar-refractivity contribution in [1.29, 1.82) is 0 Å². The molecule has 2 aromatic rings. The molecule has 0 spiro atoms. The fourth-order valence-electron chi connectivity index (χ4n) is 1.71. The molecule has 0 bridgehead atoms. The van der Waals surface area contributed by atoms with E-state index in [-0.39, 0.29) is 5.97 Å². The fraction of sp³-hybridized carbons (Fsp3) is 0.0588. The summed E-state index contributed by atoms with van der Waals surface area (Å²) in [4.78, 5) is 12.0. The van der Waals surface area contributed by atoms with Gasteiger partial charge in [-0.2, -0.15) is 0 Å². The van der Waals surface area contributed by atoms with Crippen molar-refractivity contribution in [2.45, 2.75) is 6.10 Å². The lowest BCUT2D eigenvalue weighted by molar-refractivity contribution is 0.0392. The van der Waals surface area contributed by atoms with Gasteiger partial charge in [-0.1, -0.05) is 55.1 Å². The van der Waals surface area contributed by atoms with E-state index in [1.165, 1.54) is 0 Å². The Morgan fingerprint density at radius 3 is 2.21 bits per heavy atom. The van der Waals surface area contributed by atoms with Gasteiger partial charge in [-0.25, -0.2) is 4.79 Å². The van der Waals surface area contributed by atoms with E-state index in [4.69, 9.17) is 4.74 Å². The molecule has 0 aliphatic carbocycles. The minimum absolute atomic E-state index is 0.360. The predicted octanol–water partition coefficient (Wildman–Crippen LogP) is 3.93. The molecule has 0 N–H and O–H groups in total. The summed E-state index contributed by atoms with van der Waals surface area (Å²) in [5.41, 5.74) is 4.09. The highest BCUT2D eigenvalue weighted by Gasteiger charge is 2.14. The summed E-state index contributed by atoms with van der Waals surface area (Å²) in [5, 5.41) is 0. The molecule has 0 fully saturated rings. The number of ether oxygens (including phenoxy) is 1. The van der Waals surface area contributed by atoms with Crippen molar-refractivity contribution in [3.63, 3.8) is 0 Å². The lowest BCUT2D eigenvalue weighted by Gasteiger charge is -2.14. The van der Waals surface area contributed by atoms with E-state index in [0.717, 1.165) is 5.56 Å². The van der Waals surface area contributed by atoms with Gasteiger partial charge >= 0.3 is 5.97 Å². The van der Waals surface area contributed by atoms with Crippen LogP contribution in [0.3, 0.4) is 0 Å². The van der Waals surface area contributed by atoms with Crippen LogP contribution in [0.1, 0.15) is 22.0 Å². The molecule has 0 aliphatic heterocycles. The highest BCUT2D eigenvalue weighted by molar-refractivity contribution is 5.89. The van der Waals surface area contributed by atoms with Crippen molar-refractivity contribution < 1.29 is 9.53 Å². The molecule has 0 saturated heterocycles. The average Bonchev–Trinajstić information content (AvgIpc) is 2.48. The molecule has 2 heteroatoms. The topological polar surface area (TPSA) is 26.3 Å². The summed E-state index contributed by atoms with van der Waals surface area (Å²) >= 11 is 0. The summed E-state index contributed by atoms with van der Waals surface area (Å²) in [6.45, 7) is 3.53. The lowest BCUT2D eigenvalue weighted by Crippen LogP contribution is -2.09. The van der Waals surface area contributed by atoms with Crippen molar-refractivity contribution in [1.82, 2.24) is 0 Å². The summed E-state index contributed by atoms with van der Waals surface area (Å²) in [5.74, 6) is -0.360. The van der Waals surface area contributed by atoms with Gasteiger partial charge in [-0.15, -0.1) is 5.73 Å². The Kier molecular flexibility index (Phi) is 4.33. The quantitative estimate of drug-likeness (QED) is 0.607. The number of rotatable bonds is 4. The fourth-order valence-corrected chi connectivity index (χ4v) is 1.71. The molecule has 2 nitrogen and oxygen atoms in total. The number of hydrogen-bond donors (Lipinski definition) is 0. The normalized spacial score (nSPS) is 11.2. The van der Waals surface area contributed by atoms with Gasteiger partial charge in [0.05, 0.1) is 5.56 Å². The summed E-state index contributed by atoms with van der Waals surface area (Å²) in [6.07, 6.45) is 1.17. The second-order valence-electron chi connectivity index (χ2n) is 3.97. The van der Waals surface area contributed by atoms with E-state index >= 15 is 0 Å². The van der Waals surface area contributed by atoms with Gasteiger partial charge < -0.3 is 4.74 Å². The Morgan fingerprint density at radius 1 is 1.05 bits per heavy atom. The van der Waals surface area contributed by atoms with E-state index in [1.807, 2.05) is 36.4 Å². The van der Waals surface area contributed by atoms with Crippen LogP contribution >= 0.6 is 0 Å². The molecule has 19 heavy (non-hydrogen) atoms. The molecule has 0 aliphatic rings. The molecule has 0 aromatic heterocycles.